The molecular weight excluding hydrogens is 291 g/mol. The smallest absolute Gasteiger partial charge is 0.395 e. The van der Waals surface area contributed by atoms with Gasteiger partial charge in [-0.15, -0.1) is 0 Å². The molecule has 0 radical (unpaired) electrons. The summed E-state index contributed by atoms with van der Waals surface area (Å²) in [5.74, 6) is -1.06. The van der Waals surface area contributed by atoms with Crippen molar-refractivity contribution in [2.75, 3.05) is 19.7 Å². The number of alkyl halides is 3. The van der Waals surface area contributed by atoms with E-state index < -0.39 is 37.3 Å². The van der Waals surface area contributed by atoms with Crippen molar-refractivity contribution >= 4 is 5.91 Å². The van der Waals surface area contributed by atoms with Crippen LogP contribution in [-0.2, 0) is 7.05 Å². The minimum atomic E-state index is -4.62. The van der Waals surface area contributed by atoms with Crippen molar-refractivity contribution in [2.24, 2.45) is 7.05 Å². The Morgan fingerprint density at radius 3 is 2.43 bits per heavy atom. The highest BCUT2D eigenvalue weighted by molar-refractivity contribution is 5.95. The minimum absolute atomic E-state index is 0.230. The number of aliphatic hydroxyl groups excluding tert-OH is 1. The lowest BCUT2D eigenvalue weighted by molar-refractivity contribution is -0.141. The van der Waals surface area contributed by atoms with E-state index in [2.05, 4.69) is 5.10 Å². The fraction of sp³-hybridized carbons (Fsp3) is 0.583. The molecule has 0 fully saturated rings. The van der Waals surface area contributed by atoms with Gasteiger partial charge in [-0.25, -0.2) is 4.68 Å². The molecule has 6 nitrogen and oxygen atoms in total. The van der Waals surface area contributed by atoms with Gasteiger partial charge in [0.2, 0.25) is 0 Å². The molecular formula is C12H16F3N3O3. The van der Waals surface area contributed by atoms with Crippen LogP contribution in [0.25, 0.3) is 0 Å². The molecule has 1 aromatic heterocycles. The number of carbonyl (C=O) groups excluding carboxylic acids is 1. The SMILES string of the molecule is Cc1nn(C)c(=O)c(C(=O)N(CCO)CC(F)(F)F)c1C. The lowest BCUT2D eigenvalue weighted by atomic mass is 10.1. The molecule has 1 N–H and O–H groups in total. The van der Waals surface area contributed by atoms with Crippen LogP contribution in [-0.4, -0.2) is 51.6 Å². The van der Waals surface area contributed by atoms with Gasteiger partial charge in [-0.1, -0.05) is 0 Å². The van der Waals surface area contributed by atoms with Crippen LogP contribution < -0.4 is 5.56 Å². The molecule has 118 valence electrons. The topological polar surface area (TPSA) is 75.4 Å². The molecule has 9 heteroatoms. The van der Waals surface area contributed by atoms with Gasteiger partial charge in [0, 0.05) is 13.6 Å². The lowest BCUT2D eigenvalue weighted by Gasteiger charge is -2.23. The van der Waals surface area contributed by atoms with E-state index in [-0.39, 0.29) is 11.1 Å². The van der Waals surface area contributed by atoms with Crippen molar-refractivity contribution in [1.82, 2.24) is 14.7 Å². The third-order valence-electron chi connectivity index (χ3n) is 2.97. The van der Waals surface area contributed by atoms with Gasteiger partial charge in [0.15, 0.2) is 0 Å². The number of nitrogens with zero attached hydrogens (tertiary/aromatic N) is 3. The summed E-state index contributed by atoms with van der Waals surface area (Å²) < 4.78 is 38.4. The second-order valence-corrected chi connectivity index (χ2v) is 4.58. The van der Waals surface area contributed by atoms with Crippen LogP contribution >= 0.6 is 0 Å². The van der Waals surface area contributed by atoms with Crippen LogP contribution in [0, 0.1) is 13.8 Å². The van der Waals surface area contributed by atoms with Crippen molar-refractivity contribution in [2.45, 2.75) is 20.0 Å². The lowest BCUT2D eigenvalue weighted by Crippen LogP contribution is -2.44. The Labute approximate surface area is 118 Å². The molecule has 0 saturated heterocycles. The summed E-state index contributed by atoms with van der Waals surface area (Å²) in [6.07, 6.45) is -4.62. The van der Waals surface area contributed by atoms with Crippen molar-refractivity contribution in [3.63, 3.8) is 0 Å². The minimum Gasteiger partial charge on any atom is -0.395 e. The molecule has 0 aliphatic rings. The number of aliphatic hydroxyl groups is 1. The van der Waals surface area contributed by atoms with Gasteiger partial charge in [0.1, 0.15) is 12.1 Å². The summed E-state index contributed by atoms with van der Waals surface area (Å²) in [6.45, 7) is 0.317. The monoisotopic (exact) mass is 307 g/mol. The van der Waals surface area contributed by atoms with Crippen LogP contribution in [0.4, 0.5) is 13.2 Å². The summed E-state index contributed by atoms with van der Waals surface area (Å²) in [6, 6.07) is 0. The van der Waals surface area contributed by atoms with Crippen LogP contribution in [0.5, 0.6) is 0 Å². The Morgan fingerprint density at radius 1 is 1.38 bits per heavy atom. The average molecular weight is 307 g/mol. The molecule has 0 unspecified atom stereocenters. The van der Waals surface area contributed by atoms with Gasteiger partial charge in [0.05, 0.1) is 12.3 Å². The molecule has 0 bridgehead atoms. The fourth-order valence-electron chi connectivity index (χ4n) is 1.85. The first-order valence-corrected chi connectivity index (χ1v) is 6.10. The summed E-state index contributed by atoms with van der Waals surface area (Å²) in [4.78, 5) is 24.6. The summed E-state index contributed by atoms with van der Waals surface area (Å²) in [5, 5.41) is 12.7. The Bertz CT molecular complexity index is 596. The number of amides is 1. The normalized spacial score (nSPS) is 11.6. The third kappa shape index (κ3) is 4.03. The number of halogens is 3. The Balaban J connectivity index is 3.31. The second-order valence-electron chi connectivity index (χ2n) is 4.58. The zero-order valence-electron chi connectivity index (χ0n) is 11.9. The molecule has 1 rings (SSSR count). The largest absolute Gasteiger partial charge is 0.406 e. The predicted octanol–water partition coefficient (Wildman–Crippen LogP) is 0.394. The first-order valence-electron chi connectivity index (χ1n) is 6.10. The molecule has 0 aliphatic heterocycles. The quantitative estimate of drug-likeness (QED) is 0.873. The highest BCUT2D eigenvalue weighted by atomic mass is 19.4. The van der Waals surface area contributed by atoms with Gasteiger partial charge < -0.3 is 10.0 Å². The number of rotatable bonds is 4. The molecule has 0 aromatic carbocycles. The summed E-state index contributed by atoms with van der Waals surface area (Å²) in [5.41, 5.74) is -0.527. The van der Waals surface area contributed by atoms with E-state index >= 15 is 0 Å². The molecule has 1 amide bonds. The average Bonchev–Trinajstić information content (AvgIpc) is 2.34. The van der Waals surface area contributed by atoms with E-state index in [0.717, 1.165) is 4.68 Å². The van der Waals surface area contributed by atoms with E-state index in [1.165, 1.54) is 14.0 Å². The molecule has 0 atom stereocenters. The van der Waals surface area contributed by atoms with Gasteiger partial charge in [-0.3, -0.25) is 9.59 Å². The third-order valence-corrected chi connectivity index (χ3v) is 2.97. The molecule has 1 heterocycles. The number of aryl methyl sites for hydroxylation is 2. The van der Waals surface area contributed by atoms with Gasteiger partial charge in [-0.05, 0) is 19.4 Å². The zero-order valence-corrected chi connectivity index (χ0v) is 11.9. The molecule has 1 aromatic rings. The van der Waals surface area contributed by atoms with E-state index in [4.69, 9.17) is 5.11 Å². The van der Waals surface area contributed by atoms with Crippen LogP contribution in [0.2, 0.25) is 0 Å². The maximum absolute atomic E-state index is 12.5. The maximum Gasteiger partial charge on any atom is 0.406 e. The zero-order chi connectivity index (χ0) is 16.4. The van der Waals surface area contributed by atoms with Crippen molar-refractivity contribution in [3.8, 4) is 0 Å². The number of hydrogen-bond donors (Lipinski definition) is 1. The molecule has 0 saturated carbocycles. The molecule has 21 heavy (non-hydrogen) atoms. The Kier molecular flexibility index (Phi) is 5.10. The highest BCUT2D eigenvalue weighted by Crippen LogP contribution is 2.18. The van der Waals surface area contributed by atoms with Gasteiger partial charge in [0.25, 0.3) is 11.5 Å². The summed E-state index contributed by atoms with van der Waals surface area (Å²) >= 11 is 0. The van der Waals surface area contributed by atoms with Crippen LogP contribution in [0.3, 0.4) is 0 Å². The van der Waals surface area contributed by atoms with E-state index in [1.807, 2.05) is 0 Å². The Hall–Kier alpha value is -1.90. The Morgan fingerprint density at radius 2 is 1.95 bits per heavy atom. The number of aromatic nitrogens is 2. The van der Waals surface area contributed by atoms with E-state index in [9.17, 15) is 22.8 Å². The van der Waals surface area contributed by atoms with Crippen molar-refractivity contribution in [3.05, 3.63) is 27.2 Å². The standard InChI is InChI=1S/C12H16F3N3O3/c1-7-8(2)16-17(3)10(20)9(7)11(21)18(4-5-19)6-12(13,14)15/h19H,4-6H2,1-3H3. The first-order chi connectivity index (χ1) is 9.58. The molecule has 0 spiro atoms. The van der Waals surface area contributed by atoms with Crippen LogP contribution in [0.15, 0.2) is 4.79 Å². The second kappa shape index (κ2) is 6.25. The van der Waals surface area contributed by atoms with Gasteiger partial charge >= 0.3 is 6.18 Å². The van der Waals surface area contributed by atoms with Gasteiger partial charge in [-0.2, -0.15) is 18.3 Å². The summed E-state index contributed by atoms with van der Waals surface area (Å²) in [7, 11) is 1.31. The fourth-order valence-corrected chi connectivity index (χ4v) is 1.85. The van der Waals surface area contributed by atoms with Crippen molar-refractivity contribution in [1.29, 1.82) is 0 Å². The first kappa shape index (κ1) is 17.2. The molecule has 0 aliphatic carbocycles. The van der Waals surface area contributed by atoms with Crippen molar-refractivity contribution < 1.29 is 23.1 Å². The van der Waals surface area contributed by atoms with Crippen LogP contribution in [0.1, 0.15) is 21.6 Å². The maximum atomic E-state index is 12.5. The predicted molar refractivity (Wildman–Crippen MR) is 68.0 cm³/mol. The van der Waals surface area contributed by atoms with E-state index in [1.54, 1.807) is 6.92 Å². The number of carbonyl (C=O) groups is 1. The highest BCUT2D eigenvalue weighted by Gasteiger charge is 2.34. The van der Waals surface area contributed by atoms with E-state index in [0.29, 0.717) is 10.6 Å². The number of hydrogen-bond acceptors (Lipinski definition) is 4.